The summed E-state index contributed by atoms with van der Waals surface area (Å²) in [6.45, 7) is 12.5. The third-order valence-corrected chi connectivity index (χ3v) is 19.9. The molecule has 0 saturated carbocycles. The molecule has 0 saturated heterocycles. The van der Waals surface area contributed by atoms with Crippen LogP contribution in [0.3, 0.4) is 0 Å². The average Bonchev–Trinajstić information content (AvgIpc) is 2.79. The van der Waals surface area contributed by atoms with E-state index in [0.29, 0.717) is 6.61 Å². The van der Waals surface area contributed by atoms with Crippen LogP contribution in [0.5, 0.6) is 5.75 Å². The van der Waals surface area contributed by atoms with Crippen LogP contribution in [0.25, 0.3) is 90.2 Å². The first-order chi connectivity index (χ1) is 41.2. The number of rotatable bonds is 19. The summed E-state index contributed by atoms with van der Waals surface area (Å²) in [6, 6.07) is 96.0. The third-order valence-electron chi connectivity index (χ3n) is 17.3. The number of nitrogens with zero attached hydrogens (tertiary/aromatic N) is 2. The Morgan fingerprint density at radius 3 is 1.48 bits per heavy atom. The number of para-hydroxylation sites is 1. The first kappa shape index (κ1) is 53.7. The van der Waals surface area contributed by atoms with E-state index in [2.05, 4.69) is 303 Å². The molecule has 4 heteroatoms. The van der Waals surface area contributed by atoms with E-state index in [1.165, 1.54) is 60.8 Å². The molecule has 1 aliphatic rings. The number of fused-ring (bicyclic) bond motifs is 6. The third kappa shape index (κ3) is 10.3. The number of anilines is 3. The van der Waals surface area contributed by atoms with Crippen molar-refractivity contribution in [1.29, 1.82) is 0 Å². The molecule has 0 fully saturated rings. The lowest BCUT2D eigenvalue weighted by Crippen LogP contribution is -2.28. The molecule has 1 atom stereocenters. The normalized spacial score (nSPS) is 13.7. The molecule has 1 aliphatic carbocycles. The van der Waals surface area contributed by atoms with E-state index in [9.17, 15) is 0 Å². The van der Waals surface area contributed by atoms with Gasteiger partial charge in [-0.1, -0.05) is 214 Å². The van der Waals surface area contributed by atoms with Crippen LogP contribution in [-0.4, -0.2) is 35.2 Å². The van der Waals surface area contributed by atoms with Gasteiger partial charge in [-0.05, 0) is 194 Å². The number of benzene rings is 11. The van der Waals surface area contributed by atoms with Crippen LogP contribution < -0.4 is 9.64 Å². The Morgan fingerprint density at radius 2 is 0.893 bits per heavy atom. The molecular formula is C80H68N2OS. The van der Waals surface area contributed by atoms with E-state index in [0.717, 1.165) is 91.7 Å². The second kappa shape index (κ2) is 23.0. The lowest BCUT2D eigenvalue weighted by molar-refractivity contribution is 0.343. The van der Waals surface area contributed by atoms with Crippen molar-refractivity contribution in [2.75, 3.05) is 35.5 Å². The SMILES string of the molecule is C=Cc1ccc(OCCS(C)(C)CCCC2(c3ccccc3)c3ccccc3-c3ccc(N(c4ccccc4)c4ccc(-c5ccc6c(c5)c5cc(-c7ccc(C=C)cc7)ccc5n6-c5ccc(-c6ccc(C=C)cc6)cc5)cc4)cc32)cc1. The van der Waals surface area contributed by atoms with Crippen molar-refractivity contribution in [2.24, 2.45) is 0 Å². The number of aromatic nitrogens is 1. The number of ether oxygens (including phenoxy) is 1. The predicted octanol–water partition coefficient (Wildman–Crippen LogP) is 21.4. The van der Waals surface area contributed by atoms with Gasteiger partial charge in [-0.2, -0.15) is 0 Å². The molecule has 0 radical (unpaired) electrons. The summed E-state index contributed by atoms with van der Waals surface area (Å²) >= 11 is 0. The highest BCUT2D eigenvalue weighted by atomic mass is 32.3. The van der Waals surface area contributed by atoms with Crippen LogP contribution >= 0.6 is 10.0 Å². The fourth-order valence-electron chi connectivity index (χ4n) is 12.8. The Balaban J connectivity index is 0.852. The summed E-state index contributed by atoms with van der Waals surface area (Å²) in [5, 5.41) is 2.41. The van der Waals surface area contributed by atoms with Gasteiger partial charge in [0.15, 0.2) is 0 Å². The van der Waals surface area contributed by atoms with E-state index < -0.39 is 10.0 Å². The molecule has 410 valence electrons. The van der Waals surface area contributed by atoms with Gasteiger partial charge < -0.3 is 14.2 Å². The maximum Gasteiger partial charge on any atom is 0.119 e. The Morgan fingerprint density at radius 1 is 0.429 bits per heavy atom. The van der Waals surface area contributed by atoms with Gasteiger partial charge in [-0.15, -0.1) is 0 Å². The van der Waals surface area contributed by atoms with E-state index in [-0.39, 0.29) is 5.41 Å². The summed E-state index contributed by atoms with van der Waals surface area (Å²) in [4.78, 5) is 2.43. The van der Waals surface area contributed by atoms with Crippen LogP contribution in [0.15, 0.2) is 281 Å². The van der Waals surface area contributed by atoms with Gasteiger partial charge in [0.05, 0.1) is 17.6 Å². The van der Waals surface area contributed by atoms with E-state index in [1.807, 2.05) is 18.2 Å². The number of hydrogen-bond donors (Lipinski definition) is 0. The van der Waals surface area contributed by atoms with Crippen LogP contribution in [0, 0.1) is 0 Å². The van der Waals surface area contributed by atoms with Crippen molar-refractivity contribution in [2.45, 2.75) is 18.3 Å². The number of hydrogen-bond acceptors (Lipinski definition) is 2. The van der Waals surface area contributed by atoms with Gasteiger partial charge in [0, 0.05) is 44.7 Å². The van der Waals surface area contributed by atoms with Gasteiger partial charge in [0.2, 0.25) is 0 Å². The second-order valence-corrected chi connectivity index (χ2v) is 27.0. The first-order valence-corrected chi connectivity index (χ1v) is 31.9. The lowest BCUT2D eigenvalue weighted by atomic mass is 9.69. The van der Waals surface area contributed by atoms with Crippen molar-refractivity contribution < 1.29 is 4.74 Å². The van der Waals surface area contributed by atoms with Crippen molar-refractivity contribution >= 4 is 67.1 Å². The molecule has 3 nitrogen and oxygen atoms in total. The molecule has 1 unspecified atom stereocenters. The van der Waals surface area contributed by atoms with Gasteiger partial charge in [-0.25, -0.2) is 10.0 Å². The molecule has 1 aromatic heterocycles. The Kier molecular flexibility index (Phi) is 14.7. The summed E-state index contributed by atoms with van der Waals surface area (Å²) in [6.07, 6.45) is 12.7. The molecule has 0 N–H and O–H groups in total. The molecule has 0 bridgehead atoms. The molecule has 13 rings (SSSR count). The zero-order valence-electron chi connectivity index (χ0n) is 47.9. The van der Waals surface area contributed by atoms with Gasteiger partial charge in [0.25, 0.3) is 0 Å². The molecule has 11 aromatic carbocycles. The van der Waals surface area contributed by atoms with Crippen LogP contribution in [0.2, 0.25) is 0 Å². The Hall–Kier alpha value is -9.61. The average molecular weight is 1110 g/mol. The first-order valence-electron chi connectivity index (χ1n) is 29.1. The molecule has 0 spiro atoms. The van der Waals surface area contributed by atoms with Crippen LogP contribution in [0.4, 0.5) is 17.1 Å². The monoisotopic (exact) mass is 1100 g/mol. The summed E-state index contributed by atoms with van der Waals surface area (Å²) in [5.41, 5.74) is 23.5. The van der Waals surface area contributed by atoms with Crippen molar-refractivity contribution in [3.8, 4) is 55.9 Å². The van der Waals surface area contributed by atoms with E-state index in [4.69, 9.17) is 4.74 Å². The molecule has 84 heavy (non-hydrogen) atoms. The molecule has 0 amide bonds. The fraction of sp³-hybridized carbons (Fsp3) is 0.100. The van der Waals surface area contributed by atoms with Gasteiger partial charge >= 0.3 is 0 Å². The fourth-order valence-corrected chi connectivity index (χ4v) is 14.4. The molecule has 12 aromatic rings. The quantitative estimate of drug-likeness (QED) is 0.0803. The molecule has 1 heterocycles. The largest absolute Gasteiger partial charge is 0.493 e. The maximum atomic E-state index is 6.30. The highest BCUT2D eigenvalue weighted by Crippen LogP contribution is 2.57. The summed E-state index contributed by atoms with van der Waals surface area (Å²) in [7, 11) is -0.949. The van der Waals surface area contributed by atoms with Crippen LogP contribution in [-0.2, 0) is 5.41 Å². The zero-order valence-corrected chi connectivity index (χ0v) is 48.7. The van der Waals surface area contributed by atoms with E-state index in [1.54, 1.807) is 0 Å². The topological polar surface area (TPSA) is 17.4 Å². The van der Waals surface area contributed by atoms with Crippen LogP contribution in [0.1, 0.15) is 46.2 Å². The van der Waals surface area contributed by atoms with Crippen molar-refractivity contribution in [3.05, 3.63) is 314 Å². The smallest absolute Gasteiger partial charge is 0.119 e. The minimum absolute atomic E-state index is 0.338. The molecular weight excluding hydrogens is 1040 g/mol. The standard InChI is InChI=1S/C80H68N2OS/c1-6-57-24-30-60(31-25-57)61-34-42-69(43-35-61)82-78-48-38-64(62-32-26-58(7-2)27-33-62)54-74(78)75-55-65(39-49-79(75)82)63-36-40-68(41-37-63)81(67-20-13-10-14-21-67)70-44-47-73-72-22-15-16-23-76(72)80(77(73)56-70,66-18-11-9-12-19-66)50-17-52-84(4,5)53-51-83-71-45-28-59(8-3)29-46-71/h6-16,18-49,54-56H,1-3,17,50-53H2,4-5H3. The molecule has 0 aliphatic heterocycles. The summed E-state index contributed by atoms with van der Waals surface area (Å²) < 4.78 is 8.71. The predicted molar refractivity (Wildman–Crippen MR) is 364 cm³/mol. The van der Waals surface area contributed by atoms with Gasteiger partial charge in [-0.3, -0.25) is 0 Å². The minimum atomic E-state index is -0.949. The Bertz CT molecular complexity index is 4350. The summed E-state index contributed by atoms with van der Waals surface area (Å²) in [5.74, 6) is 3.12. The van der Waals surface area contributed by atoms with Gasteiger partial charge in [0.1, 0.15) is 5.75 Å². The van der Waals surface area contributed by atoms with Crippen molar-refractivity contribution in [3.63, 3.8) is 0 Å². The van der Waals surface area contributed by atoms with Crippen molar-refractivity contribution in [1.82, 2.24) is 4.57 Å². The Labute approximate surface area is 497 Å². The second-order valence-electron chi connectivity index (χ2n) is 22.7. The lowest BCUT2D eigenvalue weighted by Gasteiger charge is -2.37. The zero-order chi connectivity index (χ0) is 57.2. The highest BCUT2D eigenvalue weighted by molar-refractivity contribution is 8.32. The highest BCUT2D eigenvalue weighted by Gasteiger charge is 2.44. The maximum absolute atomic E-state index is 6.30. The van der Waals surface area contributed by atoms with E-state index >= 15 is 0 Å². The minimum Gasteiger partial charge on any atom is -0.493 e.